The summed E-state index contributed by atoms with van der Waals surface area (Å²) in [6.07, 6.45) is 8.87. The van der Waals surface area contributed by atoms with Crippen LogP contribution in [-0.2, 0) is 12.8 Å². The quantitative estimate of drug-likeness (QED) is 0.926. The van der Waals surface area contributed by atoms with Crippen molar-refractivity contribution in [3.8, 4) is 0 Å². The van der Waals surface area contributed by atoms with E-state index in [2.05, 4.69) is 11.8 Å². The first-order valence-electron chi connectivity index (χ1n) is 8.23. The molecule has 1 atom stereocenters. The van der Waals surface area contributed by atoms with Gasteiger partial charge in [0.05, 0.1) is 0 Å². The molecule has 0 spiro atoms. The molecule has 2 aliphatic rings. The zero-order valence-electron chi connectivity index (χ0n) is 12.8. The van der Waals surface area contributed by atoms with Crippen LogP contribution in [0.2, 0.25) is 0 Å². The SMILES string of the molecule is CCC1CCCCCN1c1nc2c(cc1C(=O)O)CCC2. The fourth-order valence-electron chi connectivity index (χ4n) is 3.72. The molecule has 114 valence electrons. The molecule has 1 fully saturated rings. The number of pyridine rings is 1. The van der Waals surface area contributed by atoms with E-state index in [9.17, 15) is 9.90 Å². The highest BCUT2D eigenvalue weighted by atomic mass is 16.4. The number of hydrogen-bond acceptors (Lipinski definition) is 3. The van der Waals surface area contributed by atoms with Crippen LogP contribution in [0.25, 0.3) is 0 Å². The van der Waals surface area contributed by atoms with Crippen molar-refractivity contribution in [1.82, 2.24) is 4.98 Å². The maximum absolute atomic E-state index is 11.7. The van der Waals surface area contributed by atoms with Crippen molar-refractivity contribution in [3.05, 3.63) is 22.9 Å². The smallest absolute Gasteiger partial charge is 0.339 e. The van der Waals surface area contributed by atoms with Crippen molar-refractivity contribution in [1.29, 1.82) is 0 Å². The van der Waals surface area contributed by atoms with Crippen LogP contribution in [0.4, 0.5) is 5.82 Å². The number of carbonyl (C=O) groups is 1. The molecule has 2 heterocycles. The number of hydrogen-bond donors (Lipinski definition) is 1. The number of aromatic nitrogens is 1. The van der Waals surface area contributed by atoms with E-state index in [1.807, 2.05) is 6.07 Å². The number of anilines is 1. The lowest BCUT2D eigenvalue weighted by molar-refractivity contribution is 0.0697. The molecule has 4 heteroatoms. The molecule has 1 aliphatic heterocycles. The lowest BCUT2D eigenvalue weighted by Gasteiger charge is -2.31. The Kier molecular flexibility index (Phi) is 4.13. The molecule has 1 unspecified atom stereocenters. The fourth-order valence-corrected chi connectivity index (χ4v) is 3.72. The molecule has 3 rings (SSSR count). The predicted octanol–water partition coefficient (Wildman–Crippen LogP) is 3.43. The first-order chi connectivity index (χ1) is 10.2. The molecular formula is C17H24N2O2. The number of aromatic carboxylic acids is 1. The molecule has 0 radical (unpaired) electrons. The van der Waals surface area contributed by atoms with Crippen LogP contribution >= 0.6 is 0 Å². The minimum absolute atomic E-state index is 0.399. The molecule has 4 nitrogen and oxygen atoms in total. The molecule has 0 amide bonds. The van der Waals surface area contributed by atoms with E-state index in [4.69, 9.17) is 4.98 Å². The summed E-state index contributed by atoms with van der Waals surface area (Å²) in [7, 11) is 0. The van der Waals surface area contributed by atoms with Gasteiger partial charge in [-0.05, 0) is 50.2 Å². The van der Waals surface area contributed by atoms with Gasteiger partial charge in [0.25, 0.3) is 0 Å². The van der Waals surface area contributed by atoms with Crippen molar-refractivity contribution in [2.24, 2.45) is 0 Å². The predicted molar refractivity (Wildman–Crippen MR) is 83.1 cm³/mol. The van der Waals surface area contributed by atoms with Gasteiger partial charge in [-0.25, -0.2) is 9.78 Å². The monoisotopic (exact) mass is 288 g/mol. The van der Waals surface area contributed by atoms with Crippen LogP contribution in [0.1, 0.15) is 67.1 Å². The van der Waals surface area contributed by atoms with Crippen LogP contribution < -0.4 is 4.90 Å². The molecule has 1 aliphatic carbocycles. The van der Waals surface area contributed by atoms with Crippen LogP contribution in [0.15, 0.2) is 6.07 Å². The highest BCUT2D eigenvalue weighted by Gasteiger charge is 2.27. The largest absolute Gasteiger partial charge is 0.478 e. The minimum atomic E-state index is -0.841. The summed E-state index contributed by atoms with van der Waals surface area (Å²) in [5.74, 6) is -0.122. The van der Waals surface area contributed by atoms with Crippen molar-refractivity contribution in [3.63, 3.8) is 0 Å². The Morgan fingerprint density at radius 1 is 1.33 bits per heavy atom. The van der Waals surface area contributed by atoms with E-state index < -0.39 is 5.97 Å². The summed E-state index contributed by atoms with van der Waals surface area (Å²) in [5, 5.41) is 9.59. The van der Waals surface area contributed by atoms with Gasteiger partial charge in [0.2, 0.25) is 0 Å². The van der Waals surface area contributed by atoms with Gasteiger partial charge in [-0.3, -0.25) is 0 Å². The maximum atomic E-state index is 11.7. The van der Waals surface area contributed by atoms with Crippen molar-refractivity contribution in [2.75, 3.05) is 11.4 Å². The molecule has 1 aromatic rings. The van der Waals surface area contributed by atoms with Crippen molar-refractivity contribution >= 4 is 11.8 Å². The molecule has 0 saturated carbocycles. The van der Waals surface area contributed by atoms with Gasteiger partial charge >= 0.3 is 5.97 Å². The number of carboxylic acids is 1. The van der Waals surface area contributed by atoms with Gasteiger partial charge in [-0.1, -0.05) is 19.8 Å². The zero-order valence-corrected chi connectivity index (χ0v) is 12.8. The Morgan fingerprint density at radius 3 is 2.95 bits per heavy atom. The Hall–Kier alpha value is -1.58. The maximum Gasteiger partial charge on any atom is 0.339 e. The highest BCUT2D eigenvalue weighted by molar-refractivity contribution is 5.93. The van der Waals surface area contributed by atoms with Gasteiger partial charge in [-0.15, -0.1) is 0 Å². The third kappa shape index (κ3) is 2.76. The fraction of sp³-hybridized carbons (Fsp3) is 0.647. The van der Waals surface area contributed by atoms with E-state index in [0.717, 1.165) is 62.1 Å². The lowest BCUT2D eigenvalue weighted by Crippen LogP contribution is -2.36. The standard InChI is InChI=1S/C17H24N2O2/c1-2-13-8-4-3-5-10-19(13)16-14(17(20)21)11-12-7-6-9-15(12)18-16/h11,13H,2-10H2,1H3,(H,20,21). The van der Waals surface area contributed by atoms with Crippen molar-refractivity contribution in [2.45, 2.75) is 64.3 Å². The first-order valence-corrected chi connectivity index (χ1v) is 8.23. The zero-order chi connectivity index (χ0) is 14.8. The number of fused-ring (bicyclic) bond motifs is 1. The van der Waals surface area contributed by atoms with E-state index in [-0.39, 0.29) is 0 Å². The molecule has 1 aromatic heterocycles. The van der Waals surface area contributed by atoms with Gasteiger partial charge < -0.3 is 10.0 Å². The minimum Gasteiger partial charge on any atom is -0.478 e. The number of carboxylic acid groups (broad SMARTS) is 1. The van der Waals surface area contributed by atoms with E-state index >= 15 is 0 Å². The van der Waals surface area contributed by atoms with Crippen molar-refractivity contribution < 1.29 is 9.90 Å². The average Bonchev–Trinajstić information content (AvgIpc) is 2.80. The number of aryl methyl sites for hydroxylation is 2. The molecule has 21 heavy (non-hydrogen) atoms. The summed E-state index contributed by atoms with van der Waals surface area (Å²) < 4.78 is 0. The summed E-state index contributed by atoms with van der Waals surface area (Å²) in [4.78, 5) is 18.7. The lowest BCUT2D eigenvalue weighted by atomic mass is 10.1. The molecule has 0 bridgehead atoms. The third-order valence-electron chi connectivity index (χ3n) is 4.88. The van der Waals surface area contributed by atoms with E-state index in [1.54, 1.807) is 0 Å². The third-order valence-corrected chi connectivity index (χ3v) is 4.88. The topological polar surface area (TPSA) is 53.4 Å². The Balaban J connectivity index is 2.04. The van der Waals surface area contributed by atoms with Crippen LogP contribution in [0.3, 0.4) is 0 Å². The Bertz CT molecular complexity index is 542. The van der Waals surface area contributed by atoms with Crippen LogP contribution in [0, 0.1) is 0 Å². The van der Waals surface area contributed by atoms with E-state index in [1.165, 1.54) is 12.8 Å². The Labute approximate surface area is 126 Å². The van der Waals surface area contributed by atoms with Crippen LogP contribution in [-0.4, -0.2) is 28.6 Å². The second kappa shape index (κ2) is 6.04. The highest BCUT2D eigenvalue weighted by Crippen LogP contribution is 2.31. The van der Waals surface area contributed by atoms with Gasteiger partial charge in [0.15, 0.2) is 0 Å². The summed E-state index contributed by atoms with van der Waals surface area (Å²) in [6.45, 7) is 3.13. The van der Waals surface area contributed by atoms with Gasteiger partial charge in [0, 0.05) is 18.3 Å². The molecule has 1 saturated heterocycles. The number of nitrogens with zero attached hydrogens (tertiary/aromatic N) is 2. The first kappa shape index (κ1) is 14.4. The molecule has 1 N–H and O–H groups in total. The second-order valence-corrected chi connectivity index (χ2v) is 6.23. The normalized spacial score (nSPS) is 22.0. The molecular weight excluding hydrogens is 264 g/mol. The van der Waals surface area contributed by atoms with E-state index in [0.29, 0.717) is 11.6 Å². The summed E-state index contributed by atoms with van der Waals surface area (Å²) >= 11 is 0. The second-order valence-electron chi connectivity index (χ2n) is 6.23. The number of rotatable bonds is 3. The average molecular weight is 288 g/mol. The molecule has 0 aromatic carbocycles. The summed E-state index contributed by atoms with van der Waals surface area (Å²) in [6, 6.07) is 2.31. The van der Waals surface area contributed by atoms with Gasteiger partial charge in [0.1, 0.15) is 11.4 Å². The van der Waals surface area contributed by atoms with Gasteiger partial charge in [-0.2, -0.15) is 0 Å². The Morgan fingerprint density at radius 2 is 2.19 bits per heavy atom. The summed E-state index contributed by atoms with van der Waals surface area (Å²) in [5.41, 5.74) is 2.66. The van der Waals surface area contributed by atoms with Crippen LogP contribution in [0.5, 0.6) is 0 Å².